The Balaban J connectivity index is 1.68. The standard InChI is InChI=1S/C19H15N5O2S2/c1-3-6-26-19(25)20-8-15-23-16(17(24-15)18-22-11(2)9-27-18)12-4-5-13-14(7-12)28-10-21-13/h1,4-5,7,9-10H,6,8H2,2H3,(H,20,25)(H,23,24). The van der Waals surface area contributed by atoms with Crippen LogP contribution in [0.1, 0.15) is 11.5 Å². The number of amides is 1. The number of hydrogen-bond acceptors (Lipinski definition) is 7. The first kappa shape index (κ1) is 18.2. The number of carbonyl (C=O) groups excluding carboxylic acids is 1. The molecule has 0 fully saturated rings. The van der Waals surface area contributed by atoms with E-state index in [2.05, 4.69) is 37.2 Å². The van der Waals surface area contributed by atoms with Crippen molar-refractivity contribution >= 4 is 39.0 Å². The van der Waals surface area contributed by atoms with Crippen molar-refractivity contribution in [3.8, 4) is 34.3 Å². The maximum absolute atomic E-state index is 11.6. The second-order valence-corrected chi connectivity index (χ2v) is 7.61. The maximum Gasteiger partial charge on any atom is 0.408 e. The van der Waals surface area contributed by atoms with Gasteiger partial charge in [-0.25, -0.2) is 19.7 Å². The molecule has 140 valence electrons. The number of terminal acetylenes is 1. The minimum absolute atomic E-state index is 0.0757. The molecule has 9 heteroatoms. The van der Waals surface area contributed by atoms with Crippen molar-refractivity contribution in [1.82, 2.24) is 25.3 Å². The van der Waals surface area contributed by atoms with Crippen molar-refractivity contribution in [2.24, 2.45) is 0 Å². The molecule has 0 aliphatic heterocycles. The highest BCUT2D eigenvalue weighted by Gasteiger charge is 2.18. The zero-order chi connectivity index (χ0) is 19.5. The van der Waals surface area contributed by atoms with Gasteiger partial charge in [0, 0.05) is 16.6 Å². The number of nitrogens with zero attached hydrogens (tertiary/aromatic N) is 3. The Morgan fingerprint density at radius 1 is 1.36 bits per heavy atom. The van der Waals surface area contributed by atoms with Crippen LogP contribution in [0.5, 0.6) is 0 Å². The number of H-pyrrole nitrogens is 1. The predicted octanol–water partition coefficient (Wildman–Crippen LogP) is 3.98. The quantitative estimate of drug-likeness (QED) is 0.487. The number of hydrogen-bond donors (Lipinski definition) is 2. The molecule has 0 unspecified atom stereocenters. The Hall–Kier alpha value is -3.22. The lowest BCUT2D eigenvalue weighted by Crippen LogP contribution is -2.24. The number of fused-ring (bicyclic) bond motifs is 1. The van der Waals surface area contributed by atoms with Crippen LogP contribution in [0.2, 0.25) is 0 Å². The van der Waals surface area contributed by atoms with Gasteiger partial charge in [-0.15, -0.1) is 29.1 Å². The average Bonchev–Trinajstić information content (AvgIpc) is 3.42. The number of ether oxygens (including phenoxy) is 1. The lowest BCUT2D eigenvalue weighted by molar-refractivity contribution is 0.159. The van der Waals surface area contributed by atoms with Gasteiger partial charge in [0.2, 0.25) is 0 Å². The minimum Gasteiger partial charge on any atom is -0.436 e. The van der Waals surface area contributed by atoms with E-state index in [1.54, 1.807) is 11.3 Å². The van der Waals surface area contributed by atoms with Crippen LogP contribution >= 0.6 is 22.7 Å². The second kappa shape index (κ2) is 7.80. The van der Waals surface area contributed by atoms with Gasteiger partial charge in [0.15, 0.2) is 6.61 Å². The molecule has 7 nitrogen and oxygen atoms in total. The molecule has 1 amide bonds. The van der Waals surface area contributed by atoms with Crippen LogP contribution in [0.3, 0.4) is 0 Å². The minimum atomic E-state index is -0.589. The fourth-order valence-electron chi connectivity index (χ4n) is 2.66. The zero-order valence-electron chi connectivity index (χ0n) is 14.9. The summed E-state index contributed by atoms with van der Waals surface area (Å²) >= 11 is 3.11. The van der Waals surface area contributed by atoms with Gasteiger partial charge in [0.1, 0.15) is 16.5 Å². The molecule has 28 heavy (non-hydrogen) atoms. The van der Waals surface area contributed by atoms with Crippen LogP contribution in [-0.2, 0) is 11.3 Å². The van der Waals surface area contributed by atoms with E-state index in [-0.39, 0.29) is 13.2 Å². The normalized spacial score (nSPS) is 10.7. The molecule has 0 aliphatic rings. The number of aryl methyl sites for hydroxylation is 1. The smallest absolute Gasteiger partial charge is 0.408 e. The molecule has 0 radical (unpaired) electrons. The molecule has 0 bridgehead atoms. The second-order valence-electron chi connectivity index (χ2n) is 5.87. The summed E-state index contributed by atoms with van der Waals surface area (Å²) in [6.07, 6.45) is 4.50. The summed E-state index contributed by atoms with van der Waals surface area (Å²) in [6.45, 7) is 2.05. The van der Waals surface area contributed by atoms with Crippen LogP contribution in [0.15, 0.2) is 29.1 Å². The first-order valence-corrected chi connectivity index (χ1v) is 10.1. The molecule has 0 saturated carbocycles. The number of alkyl carbamates (subject to hydrolysis) is 1. The van der Waals surface area contributed by atoms with E-state index in [1.165, 1.54) is 11.3 Å². The topological polar surface area (TPSA) is 92.8 Å². The number of rotatable bonds is 5. The summed E-state index contributed by atoms with van der Waals surface area (Å²) in [5, 5.41) is 5.43. The van der Waals surface area contributed by atoms with Crippen molar-refractivity contribution < 1.29 is 9.53 Å². The lowest BCUT2D eigenvalue weighted by Gasteiger charge is -2.02. The molecule has 0 spiro atoms. The molecule has 0 saturated heterocycles. The number of thiazole rings is 2. The first-order valence-electron chi connectivity index (χ1n) is 8.33. The van der Waals surface area contributed by atoms with E-state index in [9.17, 15) is 4.79 Å². The number of aromatic amines is 1. The summed E-state index contributed by atoms with van der Waals surface area (Å²) in [7, 11) is 0. The van der Waals surface area contributed by atoms with E-state index in [1.807, 2.05) is 29.9 Å². The van der Waals surface area contributed by atoms with Crippen molar-refractivity contribution in [3.05, 3.63) is 40.6 Å². The Morgan fingerprint density at radius 3 is 3.04 bits per heavy atom. The maximum atomic E-state index is 11.6. The summed E-state index contributed by atoms with van der Waals surface area (Å²) in [4.78, 5) is 28.5. The lowest BCUT2D eigenvalue weighted by atomic mass is 10.1. The van der Waals surface area contributed by atoms with Crippen molar-refractivity contribution in [2.45, 2.75) is 13.5 Å². The van der Waals surface area contributed by atoms with Crippen molar-refractivity contribution in [3.63, 3.8) is 0 Å². The number of carbonyl (C=O) groups is 1. The van der Waals surface area contributed by atoms with Gasteiger partial charge in [-0.1, -0.05) is 12.0 Å². The van der Waals surface area contributed by atoms with Crippen LogP contribution in [0.25, 0.3) is 32.2 Å². The summed E-state index contributed by atoms with van der Waals surface area (Å²) in [5.41, 5.74) is 6.29. The summed E-state index contributed by atoms with van der Waals surface area (Å²) < 4.78 is 5.91. The molecule has 4 rings (SSSR count). The number of aromatic nitrogens is 4. The van der Waals surface area contributed by atoms with Crippen LogP contribution in [-0.4, -0.2) is 32.6 Å². The van der Waals surface area contributed by atoms with Crippen LogP contribution in [0, 0.1) is 19.3 Å². The van der Waals surface area contributed by atoms with E-state index < -0.39 is 6.09 Å². The van der Waals surface area contributed by atoms with Gasteiger partial charge in [0.05, 0.1) is 28.0 Å². The molecule has 3 heterocycles. The van der Waals surface area contributed by atoms with E-state index in [0.29, 0.717) is 5.82 Å². The number of imidazole rings is 1. The SMILES string of the molecule is C#CCOC(=O)NCc1nc(-c2nc(C)cs2)c(-c2ccc3ncsc3c2)[nH]1. The molecule has 0 aliphatic carbocycles. The summed E-state index contributed by atoms with van der Waals surface area (Å²) in [5.74, 6) is 2.85. The number of nitrogens with one attached hydrogen (secondary N) is 2. The van der Waals surface area contributed by atoms with Crippen LogP contribution < -0.4 is 5.32 Å². The average molecular weight is 409 g/mol. The highest BCUT2D eigenvalue weighted by Crippen LogP contribution is 2.34. The first-order chi connectivity index (χ1) is 13.6. The Labute approximate surface area is 168 Å². The van der Waals surface area contributed by atoms with Gasteiger partial charge in [-0.2, -0.15) is 0 Å². The van der Waals surface area contributed by atoms with E-state index in [4.69, 9.17) is 11.2 Å². The Bertz CT molecular complexity index is 1180. The molecule has 2 N–H and O–H groups in total. The molecule has 4 aromatic rings. The fraction of sp³-hybridized carbons (Fsp3) is 0.158. The van der Waals surface area contributed by atoms with Gasteiger partial charge in [-0.05, 0) is 19.1 Å². The third-order valence-electron chi connectivity index (χ3n) is 3.88. The van der Waals surface area contributed by atoms with Gasteiger partial charge >= 0.3 is 6.09 Å². The number of benzene rings is 1. The molecule has 3 aromatic heterocycles. The van der Waals surface area contributed by atoms with Crippen molar-refractivity contribution in [1.29, 1.82) is 0 Å². The van der Waals surface area contributed by atoms with Gasteiger partial charge in [0.25, 0.3) is 0 Å². The molecule has 1 aromatic carbocycles. The van der Waals surface area contributed by atoms with E-state index in [0.717, 1.165) is 37.9 Å². The predicted molar refractivity (Wildman–Crippen MR) is 110 cm³/mol. The highest BCUT2D eigenvalue weighted by atomic mass is 32.1. The Kier molecular flexibility index (Phi) is 5.06. The van der Waals surface area contributed by atoms with Gasteiger partial charge in [-0.3, -0.25) is 0 Å². The summed E-state index contributed by atoms with van der Waals surface area (Å²) in [6, 6.07) is 6.05. The highest BCUT2D eigenvalue weighted by molar-refractivity contribution is 7.16. The van der Waals surface area contributed by atoms with E-state index >= 15 is 0 Å². The van der Waals surface area contributed by atoms with Crippen molar-refractivity contribution in [2.75, 3.05) is 6.61 Å². The fourth-order valence-corrected chi connectivity index (χ4v) is 4.16. The third-order valence-corrected chi connectivity index (χ3v) is 5.64. The van der Waals surface area contributed by atoms with Gasteiger partial charge < -0.3 is 15.0 Å². The molecular weight excluding hydrogens is 394 g/mol. The largest absolute Gasteiger partial charge is 0.436 e. The Morgan fingerprint density at radius 2 is 2.25 bits per heavy atom. The van der Waals surface area contributed by atoms with Crippen LogP contribution in [0.4, 0.5) is 4.79 Å². The molecular formula is C19H15N5O2S2. The molecule has 0 atom stereocenters. The monoisotopic (exact) mass is 409 g/mol. The third kappa shape index (κ3) is 3.74. The zero-order valence-corrected chi connectivity index (χ0v) is 16.5.